The van der Waals surface area contributed by atoms with Crippen LogP contribution in [0.4, 0.5) is 19.0 Å². The lowest BCUT2D eigenvalue weighted by Gasteiger charge is -2.07. The highest BCUT2D eigenvalue weighted by Crippen LogP contribution is 2.38. The van der Waals surface area contributed by atoms with Crippen molar-refractivity contribution in [2.45, 2.75) is 24.9 Å². The van der Waals surface area contributed by atoms with Gasteiger partial charge in [0.25, 0.3) is 0 Å². The lowest BCUT2D eigenvalue weighted by atomic mass is 10.4. The Bertz CT molecular complexity index is 630. The molecule has 1 fully saturated rings. The molecule has 106 valence electrons. The molecule has 0 spiro atoms. The van der Waals surface area contributed by atoms with Gasteiger partial charge in [-0.1, -0.05) is 0 Å². The maximum atomic E-state index is 12.6. The minimum absolute atomic E-state index is 0.305. The van der Waals surface area contributed by atoms with Crippen LogP contribution in [0.5, 0.6) is 0 Å². The summed E-state index contributed by atoms with van der Waals surface area (Å²) in [6.45, 7) is 0. The molecule has 0 atom stereocenters. The molecule has 0 radical (unpaired) electrons. The fraction of sp³-hybridized carbons (Fsp3) is 0.417. The van der Waals surface area contributed by atoms with Crippen molar-refractivity contribution in [3.63, 3.8) is 0 Å². The molecule has 0 aromatic carbocycles. The molecule has 1 aliphatic rings. The van der Waals surface area contributed by atoms with E-state index >= 15 is 0 Å². The first kappa shape index (κ1) is 12.9. The van der Waals surface area contributed by atoms with E-state index in [1.165, 1.54) is 6.20 Å². The summed E-state index contributed by atoms with van der Waals surface area (Å²) in [5.74, 6) is 1.86. The number of hydrogen-bond donors (Lipinski definition) is 1. The SMILES string of the molecule is CNc1cc(-n2ccc(C(F)(F)F)n2)nc(C2CC2)n1. The van der Waals surface area contributed by atoms with Crippen molar-refractivity contribution in [1.82, 2.24) is 19.7 Å². The van der Waals surface area contributed by atoms with Gasteiger partial charge in [-0.25, -0.2) is 14.6 Å². The highest BCUT2D eigenvalue weighted by molar-refractivity contribution is 5.41. The predicted octanol–water partition coefficient (Wildman–Crippen LogP) is 2.60. The van der Waals surface area contributed by atoms with E-state index in [9.17, 15) is 13.2 Å². The van der Waals surface area contributed by atoms with Crippen LogP contribution in [0.25, 0.3) is 5.82 Å². The Hall–Kier alpha value is -2.12. The fourth-order valence-electron chi connectivity index (χ4n) is 1.82. The fourth-order valence-corrected chi connectivity index (χ4v) is 1.82. The first-order valence-corrected chi connectivity index (χ1v) is 6.17. The first-order chi connectivity index (χ1) is 9.47. The zero-order valence-electron chi connectivity index (χ0n) is 10.6. The molecule has 20 heavy (non-hydrogen) atoms. The number of aromatic nitrogens is 4. The maximum absolute atomic E-state index is 12.6. The van der Waals surface area contributed by atoms with Gasteiger partial charge >= 0.3 is 6.18 Å². The number of anilines is 1. The van der Waals surface area contributed by atoms with Gasteiger partial charge in [0, 0.05) is 25.2 Å². The van der Waals surface area contributed by atoms with Crippen molar-refractivity contribution in [3.8, 4) is 5.82 Å². The quantitative estimate of drug-likeness (QED) is 0.940. The third-order valence-electron chi connectivity index (χ3n) is 3.04. The Morgan fingerprint density at radius 2 is 2.05 bits per heavy atom. The second-order valence-electron chi connectivity index (χ2n) is 4.64. The van der Waals surface area contributed by atoms with Gasteiger partial charge in [0.2, 0.25) is 0 Å². The number of alkyl halides is 3. The first-order valence-electron chi connectivity index (χ1n) is 6.17. The monoisotopic (exact) mass is 283 g/mol. The van der Waals surface area contributed by atoms with Gasteiger partial charge in [0.1, 0.15) is 11.6 Å². The van der Waals surface area contributed by atoms with Crippen LogP contribution in [-0.4, -0.2) is 26.8 Å². The van der Waals surface area contributed by atoms with Crippen molar-refractivity contribution in [2.24, 2.45) is 0 Å². The third kappa shape index (κ3) is 2.45. The van der Waals surface area contributed by atoms with Gasteiger partial charge in [-0.3, -0.25) is 0 Å². The Morgan fingerprint density at radius 3 is 2.60 bits per heavy atom. The average molecular weight is 283 g/mol. The normalized spacial score (nSPS) is 15.4. The standard InChI is InChI=1S/C12H12F3N5/c1-16-9-6-10(18-11(17-9)7-2-3-7)20-5-4-8(19-20)12(13,14)15/h4-7H,2-3H2,1H3,(H,16,17,18). The maximum Gasteiger partial charge on any atom is 0.435 e. The van der Waals surface area contributed by atoms with Crippen LogP contribution in [0.15, 0.2) is 18.3 Å². The summed E-state index contributed by atoms with van der Waals surface area (Å²) >= 11 is 0. The molecule has 0 aliphatic heterocycles. The predicted molar refractivity (Wildman–Crippen MR) is 65.7 cm³/mol. The van der Waals surface area contributed by atoms with Gasteiger partial charge < -0.3 is 5.32 Å². The van der Waals surface area contributed by atoms with Gasteiger partial charge in [-0.05, 0) is 18.9 Å². The van der Waals surface area contributed by atoms with Crippen molar-refractivity contribution >= 4 is 5.82 Å². The second kappa shape index (κ2) is 4.46. The molecule has 1 aliphatic carbocycles. The largest absolute Gasteiger partial charge is 0.435 e. The van der Waals surface area contributed by atoms with Gasteiger partial charge in [0.15, 0.2) is 11.5 Å². The number of nitrogens with one attached hydrogen (secondary N) is 1. The molecule has 1 N–H and O–H groups in total. The molecule has 2 aromatic heterocycles. The number of halogens is 3. The van der Waals surface area contributed by atoms with Crippen molar-refractivity contribution in [3.05, 3.63) is 29.8 Å². The molecule has 2 aromatic rings. The molecule has 3 rings (SSSR count). The van der Waals surface area contributed by atoms with Crippen LogP contribution < -0.4 is 5.32 Å². The third-order valence-corrected chi connectivity index (χ3v) is 3.04. The van der Waals surface area contributed by atoms with Crippen LogP contribution in [-0.2, 0) is 6.18 Å². The molecule has 0 amide bonds. The van der Waals surface area contributed by atoms with E-state index in [1.807, 2.05) is 0 Å². The lowest BCUT2D eigenvalue weighted by molar-refractivity contribution is -0.141. The van der Waals surface area contributed by atoms with E-state index in [0.717, 1.165) is 23.6 Å². The van der Waals surface area contributed by atoms with Crippen molar-refractivity contribution in [2.75, 3.05) is 12.4 Å². The van der Waals surface area contributed by atoms with Crippen LogP contribution in [0.2, 0.25) is 0 Å². The number of nitrogens with zero attached hydrogens (tertiary/aromatic N) is 4. The zero-order valence-corrected chi connectivity index (χ0v) is 10.6. The van der Waals surface area contributed by atoms with E-state index in [4.69, 9.17) is 0 Å². The minimum Gasteiger partial charge on any atom is -0.373 e. The topological polar surface area (TPSA) is 55.6 Å². The van der Waals surface area contributed by atoms with Crippen molar-refractivity contribution in [1.29, 1.82) is 0 Å². The zero-order chi connectivity index (χ0) is 14.3. The van der Waals surface area contributed by atoms with Crippen LogP contribution in [0, 0.1) is 0 Å². The number of hydrogen-bond acceptors (Lipinski definition) is 4. The highest BCUT2D eigenvalue weighted by atomic mass is 19.4. The molecule has 8 heteroatoms. The summed E-state index contributed by atoms with van der Waals surface area (Å²) in [6, 6.07) is 2.50. The van der Waals surface area contributed by atoms with Gasteiger partial charge in [0.05, 0.1) is 0 Å². The lowest BCUT2D eigenvalue weighted by Crippen LogP contribution is -2.09. The Balaban J connectivity index is 2.00. The molecule has 1 saturated carbocycles. The summed E-state index contributed by atoms with van der Waals surface area (Å²) in [7, 11) is 1.70. The Morgan fingerprint density at radius 1 is 1.30 bits per heavy atom. The van der Waals surface area contributed by atoms with Crippen LogP contribution >= 0.6 is 0 Å². The molecule has 2 heterocycles. The summed E-state index contributed by atoms with van der Waals surface area (Å²) in [6.07, 6.45) is -1.18. The van der Waals surface area contributed by atoms with E-state index < -0.39 is 11.9 Å². The summed E-state index contributed by atoms with van der Waals surface area (Å²) in [5.41, 5.74) is -0.935. The van der Waals surface area contributed by atoms with Gasteiger partial charge in [-0.2, -0.15) is 18.3 Å². The summed E-state index contributed by atoms with van der Waals surface area (Å²) in [4.78, 5) is 8.60. The molecule has 5 nitrogen and oxygen atoms in total. The minimum atomic E-state index is -4.45. The molecule has 0 saturated heterocycles. The van der Waals surface area contributed by atoms with Crippen LogP contribution in [0.1, 0.15) is 30.3 Å². The van der Waals surface area contributed by atoms with E-state index in [1.54, 1.807) is 13.1 Å². The van der Waals surface area contributed by atoms with E-state index in [2.05, 4.69) is 20.4 Å². The van der Waals surface area contributed by atoms with Crippen molar-refractivity contribution < 1.29 is 13.2 Å². The van der Waals surface area contributed by atoms with E-state index in [-0.39, 0.29) is 0 Å². The second-order valence-corrected chi connectivity index (χ2v) is 4.64. The smallest absolute Gasteiger partial charge is 0.373 e. The molecule has 0 bridgehead atoms. The van der Waals surface area contributed by atoms with Gasteiger partial charge in [-0.15, -0.1) is 0 Å². The van der Waals surface area contributed by atoms with Crippen LogP contribution in [0.3, 0.4) is 0 Å². The molecular formula is C12H12F3N5. The Labute approximate surface area is 112 Å². The average Bonchev–Trinajstić information content (AvgIpc) is 3.13. The number of rotatable bonds is 3. The molecular weight excluding hydrogens is 271 g/mol. The Kier molecular flexibility index (Phi) is 2.88. The van der Waals surface area contributed by atoms with E-state index in [0.29, 0.717) is 23.4 Å². The molecule has 0 unspecified atom stereocenters. The highest BCUT2D eigenvalue weighted by Gasteiger charge is 2.34. The summed E-state index contributed by atoms with van der Waals surface area (Å²) < 4.78 is 38.8. The summed E-state index contributed by atoms with van der Waals surface area (Å²) in [5, 5.41) is 6.40.